The molecule has 1 aliphatic carbocycles. The van der Waals surface area contributed by atoms with Gasteiger partial charge in [-0.1, -0.05) is 37.6 Å². The van der Waals surface area contributed by atoms with Gasteiger partial charge in [-0.2, -0.15) is 0 Å². The fraction of sp³-hybridized carbons (Fsp3) is 0.577. The zero-order valence-corrected chi connectivity index (χ0v) is 18.2. The third-order valence-electron chi connectivity index (χ3n) is 7.20. The number of aliphatic carboxylic acids is 1. The van der Waals surface area contributed by atoms with E-state index in [1.54, 1.807) is 0 Å². The van der Waals surface area contributed by atoms with Crippen LogP contribution in [-0.2, 0) is 11.2 Å². The first-order valence-corrected chi connectivity index (χ1v) is 11.7. The van der Waals surface area contributed by atoms with Crippen LogP contribution < -0.4 is 4.74 Å². The Balaban J connectivity index is 1.30. The predicted octanol–water partition coefficient (Wildman–Crippen LogP) is 5.53. The predicted molar refractivity (Wildman–Crippen MR) is 121 cm³/mol. The molecule has 1 N–H and O–H groups in total. The monoisotopic (exact) mass is 409 g/mol. The van der Waals surface area contributed by atoms with Crippen LogP contribution in [0.5, 0.6) is 5.75 Å². The van der Waals surface area contributed by atoms with E-state index < -0.39 is 5.97 Å². The number of benzene rings is 2. The molecule has 0 bridgehead atoms. The number of ether oxygens (including phenoxy) is 1. The standard InChI is InChI=1S/C26H35NO3/c1-2-19-4-8-24(9-5-19)30-25-10-7-22-17-20(3-6-23(22)18-25)11-14-27-15-12-21(13-16-27)26(28)29/h3,6-7,10,17-19,21,24H,2,4-5,8-9,11-16H2,1H3,(H,28,29). The van der Waals surface area contributed by atoms with Gasteiger partial charge in [0.25, 0.3) is 0 Å². The largest absolute Gasteiger partial charge is 0.490 e. The number of hydrogen-bond donors (Lipinski definition) is 1. The zero-order valence-electron chi connectivity index (χ0n) is 18.2. The summed E-state index contributed by atoms with van der Waals surface area (Å²) in [6, 6.07) is 13.2. The number of carbonyl (C=O) groups is 1. The fourth-order valence-electron chi connectivity index (χ4n) is 5.04. The van der Waals surface area contributed by atoms with Crippen molar-refractivity contribution in [3.8, 4) is 5.75 Å². The summed E-state index contributed by atoms with van der Waals surface area (Å²) in [7, 11) is 0. The van der Waals surface area contributed by atoms with E-state index in [0.717, 1.165) is 50.6 Å². The van der Waals surface area contributed by atoms with Crippen molar-refractivity contribution in [2.45, 2.75) is 64.4 Å². The first kappa shape index (κ1) is 21.2. The fourth-order valence-corrected chi connectivity index (χ4v) is 5.04. The van der Waals surface area contributed by atoms with Gasteiger partial charge in [-0.05, 0) is 92.4 Å². The molecule has 4 rings (SSSR count). The van der Waals surface area contributed by atoms with E-state index in [1.165, 1.54) is 48.4 Å². The molecule has 4 heteroatoms. The highest BCUT2D eigenvalue weighted by atomic mass is 16.5. The summed E-state index contributed by atoms with van der Waals surface area (Å²) in [6.07, 6.45) is 9.18. The molecule has 0 spiro atoms. The number of nitrogens with zero attached hydrogens (tertiary/aromatic N) is 1. The van der Waals surface area contributed by atoms with E-state index in [0.29, 0.717) is 6.10 Å². The van der Waals surface area contributed by atoms with Gasteiger partial charge in [-0.25, -0.2) is 0 Å². The van der Waals surface area contributed by atoms with Crippen LogP contribution >= 0.6 is 0 Å². The Kier molecular flexibility index (Phi) is 6.93. The second-order valence-electron chi connectivity index (χ2n) is 9.22. The quantitative estimate of drug-likeness (QED) is 0.653. The average Bonchev–Trinajstić information content (AvgIpc) is 2.78. The number of fused-ring (bicyclic) bond motifs is 1. The van der Waals surface area contributed by atoms with Gasteiger partial charge < -0.3 is 14.7 Å². The van der Waals surface area contributed by atoms with Crippen molar-refractivity contribution in [3.05, 3.63) is 42.0 Å². The molecule has 0 unspecified atom stereocenters. The van der Waals surface area contributed by atoms with E-state index in [2.05, 4.69) is 48.2 Å². The first-order valence-electron chi connectivity index (χ1n) is 11.7. The van der Waals surface area contributed by atoms with Gasteiger partial charge in [0.05, 0.1) is 12.0 Å². The van der Waals surface area contributed by atoms with E-state index in [1.807, 2.05) is 0 Å². The van der Waals surface area contributed by atoms with Crippen molar-refractivity contribution in [1.29, 1.82) is 0 Å². The van der Waals surface area contributed by atoms with Crippen LogP contribution in [0.15, 0.2) is 36.4 Å². The van der Waals surface area contributed by atoms with Crippen molar-refractivity contribution in [2.75, 3.05) is 19.6 Å². The second-order valence-corrected chi connectivity index (χ2v) is 9.22. The molecular formula is C26H35NO3. The molecular weight excluding hydrogens is 374 g/mol. The molecule has 1 heterocycles. The highest BCUT2D eigenvalue weighted by Crippen LogP contribution is 2.30. The Morgan fingerprint density at radius 3 is 2.40 bits per heavy atom. The van der Waals surface area contributed by atoms with Gasteiger partial charge in [-0.15, -0.1) is 0 Å². The van der Waals surface area contributed by atoms with Crippen LogP contribution in [0.1, 0.15) is 57.4 Å². The minimum Gasteiger partial charge on any atom is -0.490 e. The Labute approximate surface area is 180 Å². The summed E-state index contributed by atoms with van der Waals surface area (Å²) in [5.74, 6) is 1.10. The molecule has 1 saturated heterocycles. The molecule has 1 aliphatic heterocycles. The number of carboxylic acids is 1. The van der Waals surface area contributed by atoms with Crippen LogP contribution in [0.25, 0.3) is 10.8 Å². The third kappa shape index (κ3) is 5.34. The minimum atomic E-state index is -0.638. The molecule has 2 aromatic rings. The maximum atomic E-state index is 11.1. The summed E-state index contributed by atoms with van der Waals surface area (Å²) in [6.45, 7) is 5.08. The van der Waals surface area contributed by atoms with E-state index in [9.17, 15) is 4.79 Å². The van der Waals surface area contributed by atoms with Crippen LogP contribution in [0, 0.1) is 11.8 Å². The minimum absolute atomic E-state index is 0.153. The molecule has 162 valence electrons. The molecule has 2 aromatic carbocycles. The summed E-state index contributed by atoms with van der Waals surface area (Å²) in [5.41, 5.74) is 1.34. The number of hydrogen-bond acceptors (Lipinski definition) is 3. The second kappa shape index (κ2) is 9.82. The molecule has 0 atom stereocenters. The van der Waals surface area contributed by atoms with Crippen LogP contribution in [0.3, 0.4) is 0 Å². The lowest BCUT2D eigenvalue weighted by atomic mass is 9.86. The lowest BCUT2D eigenvalue weighted by Gasteiger charge is -2.30. The Hall–Kier alpha value is -2.07. The third-order valence-corrected chi connectivity index (χ3v) is 7.20. The normalized spacial score (nSPS) is 23.5. The van der Waals surface area contributed by atoms with Crippen molar-refractivity contribution < 1.29 is 14.6 Å². The van der Waals surface area contributed by atoms with Gasteiger partial charge in [0.2, 0.25) is 0 Å². The van der Waals surface area contributed by atoms with Crippen molar-refractivity contribution in [1.82, 2.24) is 4.90 Å². The topological polar surface area (TPSA) is 49.8 Å². The molecule has 30 heavy (non-hydrogen) atoms. The molecule has 0 radical (unpaired) electrons. The Bertz CT molecular complexity index is 848. The zero-order chi connectivity index (χ0) is 20.9. The molecule has 4 nitrogen and oxygen atoms in total. The summed E-state index contributed by atoms with van der Waals surface area (Å²) in [5, 5.41) is 11.6. The van der Waals surface area contributed by atoms with Gasteiger partial charge in [0.1, 0.15) is 5.75 Å². The maximum absolute atomic E-state index is 11.1. The average molecular weight is 410 g/mol. The van der Waals surface area contributed by atoms with Crippen molar-refractivity contribution >= 4 is 16.7 Å². The van der Waals surface area contributed by atoms with Crippen LogP contribution in [0.4, 0.5) is 0 Å². The number of likely N-dealkylation sites (tertiary alicyclic amines) is 1. The molecule has 2 fully saturated rings. The summed E-state index contributed by atoms with van der Waals surface area (Å²) in [4.78, 5) is 13.5. The number of carboxylic acid groups (broad SMARTS) is 1. The smallest absolute Gasteiger partial charge is 0.306 e. The lowest BCUT2D eigenvalue weighted by Crippen LogP contribution is -2.37. The lowest BCUT2D eigenvalue weighted by molar-refractivity contribution is -0.143. The molecule has 1 saturated carbocycles. The number of piperidine rings is 1. The summed E-state index contributed by atoms with van der Waals surface area (Å²) < 4.78 is 6.29. The Morgan fingerprint density at radius 2 is 1.70 bits per heavy atom. The molecule has 0 aromatic heterocycles. The SMILES string of the molecule is CCC1CCC(Oc2ccc3cc(CCN4CCC(C(=O)O)CC4)ccc3c2)CC1. The van der Waals surface area contributed by atoms with E-state index >= 15 is 0 Å². The summed E-state index contributed by atoms with van der Waals surface area (Å²) >= 11 is 0. The van der Waals surface area contributed by atoms with Gasteiger partial charge in [-0.3, -0.25) is 4.79 Å². The number of rotatable bonds is 7. The molecule has 0 amide bonds. The van der Waals surface area contributed by atoms with Gasteiger partial charge in [0, 0.05) is 6.54 Å². The molecule has 2 aliphatic rings. The maximum Gasteiger partial charge on any atom is 0.306 e. The van der Waals surface area contributed by atoms with Crippen LogP contribution in [-0.4, -0.2) is 41.7 Å². The van der Waals surface area contributed by atoms with Crippen LogP contribution in [0.2, 0.25) is 0 Å². The first-order chi connectivity index (χ1) is 14.6. The van der Waals surface area contributed by atoms with Crippen molar-refractivity contribution in [3.63, 3.8) is 0 Å². The Morgan fingerprint density at radius 1 is 1.00 bits per heavy atom. The highest BCUT2D eigenvalue weighted by Gasteiger charge is 2.24. The van der Waals surface area contributed by atoms with E-state index in [-0.39, 0.29) is 5.92 Å². The van der Waals surface area contributed by atoms with Crippen molar-refractivity contribution in [2.24, 2.45) is 11.8 Å². The van der Waals surface area contributed by atoms with Gasteiger partial charge in [0.15, 0.2) is 0 Å². The van der Waals surface area contributed by atoms with Gasteiger partial charge >= 0.3 is 5.97 Å². The highest BCUT2D eigenvalue weighted by molar-refractivity contribution is 5.84. The van der Waals surface area contributed by atoms with E-state index in [4.69, 9.17) is 9.84 Å².